The van der Waals surface area contributed by atoms with Gasteiger partial charge in [0.25, 0.3) is 0 Å². The van der Waals surface area contributed by atoms with E-state index >= 15 is 0 Å². The summed E-state index contributed by atoms with van der Waals surface area (Å²) in [4.78, 5) is 12.1. The first-order valence-electron chi connectivity index (χ1n) is 5.52. The van der Waals surface area contributed by atoms with Gasteiger partial charge in [0.15, 0.2) is 5.78 Å². The largest absolute Gasteiger partial charge is 0.398 e. The molecule has 0 fully saturated rings. The lowest BCUT2D eigenvalue weighted by atomic mass is 10.0. The van der Waals surface area contributed by atoms with Crippen LogP contribution in [-0.2, 0) is 10.0 Å². The second-order valence-corrected chi connectivity index (χ2v) is 6.07. The maximum absolute atomic E-state index is 12.4. The van der Waals surface area contributed by atoms with Crippen LogP contribution in [0.3, 0.4) is 0 Å². The van der Waals surface area contributed by atoms with E-state index in [1.54, 1.807) is 18.2 Å². The number of para-hydroxylation sites is 1. The molecule has 0 radical (unpaired) electrons. The van der Waals surface area contributed by atoms with Crippen LogP contribution >= 0.6 is 11.6 Å². The second-order valence-electron chi connectivity index (χ2n) is 4.10. The standard InChI is InChI=1S/C13H11ClN2O3S/c14-8-5-6-12(20(16,18)19)10(7-8)13(17)9-3-1-2-4-11(9)15/h1-7H,15H2,(H2,16,18,19). The number of carbonyl (C=O) groups is 1. The zero-order valence-corrected chi connectivity index (χ0v) is 11.8. The van der Waals surface area contributed by atoms with Crippen molar-refractivity contribution in [2.45, 2.75) is 4.90 Å². The van der Waals surface area contributed by atoms with Crippen LogP contribution in [0.1, 0.15) is 15.9 Å². The molecule has 0 saturated carbocycles. The number of ketones is 1. The zero-order chi connectivity index (χ0) is 14.9. The normalized spacial score (nSPS) is 11.3. The molecule has 2 aromatic rings. The Morgan fingerprint density at radius 1 is 1.05 bits per heavy atom. The van der Waals surface area contributed by atoms with Crippen molar-refractivity contribution in [2.75, 3.05) is 5.73 Å². The SMILES string of the molecule is Nc1ccccc1C(=O)c1cc(Cl)ccc1S(N)(=O)=O. The molecule has 2 rings (SSSR count). The van der Waals surface area contributed by atoms with Crippen molar-refractivity contribution in [1.29, 1.82) is 0 Å². The van der Waals surface area contributed by atoms with E-state index in [1.165, 1.54) is 24.3 Å². The number of benzene rings is 2. The molecule has 5 nitrogen and oxygen atoms in total. The predicted molar refractivity (Wildman–Crippen MR) is 77.1 cm³/mol. The van der Waals surface area contributed by atoms with Gasteiger partial charge >= 0.3 is 0 Å². The van der Waals surface area contributed by atoms with Gasteiger partial charge in [0, 0.05) is 21.8 Å². The number of nitrogens with two attached hydrogens (primary N) is 2. The molecule has 20 heavy (non-hydrogen) atoms. The number of anilines is 1. The predicted octanol–water partition coefficient (Wildman–Crippen LogP) is 1.80. The molecule has 0 aliphatic rings. The molecule has 0 amide bonds. The van der Waals surface area contributed by atoms with Crippen molar-refractivity contribution in [3.05, 3.63) is 58.6 Å². The number of rotatable bonds is 3. The minimum absolute atomic E-state index is 0.0992. The summed E-state index contributed by atoms with van der Waals surface area (Å²) in [6.07, 6.45) is 0. The number of hydrogen-bond donors (Lipinski definition) is 2. The maximum Gasteiger partial charge on any atom is 0.238 e. The van der Waals surface area contributed by atoms with Crippen molar-refractivity contribution < 1.29 is 13.2 Å². The molecule has 4 N–H and O–H groups in total. The van der Waals surface area contributed by atoms with E-state index in [-0.39, 0.29) is 26.7 Å². The number of primary sulfonamides is 1. The van der Waals surface area contributed by atoms with Crippen molar-refractivity contribution >= 4 is 33.1 Å². The maximum atomic E-state index is 12.4. The minimum atomic E-state index is -4.04. The Bertz CT molecular complexity index is 788. The fourth-order valence-electron chi connectivity index (χ4n) is 1.78. The van der Waals surface area contributed by atoms with Gasteiger partial charge in [-0.25, -0.2) is 13.6 Å². The monoisotopic (exact) mass is 310 g/mol. The Labute approximate surface area is 121 Å². The molecule has 7 heteroatoms. The zero-order valence-electron chi connectivity index (χ0n) is 10.2. The molecule has 0 bridgehead atoms. The van der Waals surface area contributed by atoms with E-state index < -0.39 is 15.8 Å². The molecule has 0 spiro atoms. The Kier molecular flexibility index (Phi) is 3.80. The summed E-state index contributed by atoms with van der Waals surface area (Å²) >= 11 is 5.82. The number of halogens is 1. The Morgan fingerprint density at radius 3 is 2.30 bits per heavy atom. The van der Waals surface area contributed by atoms with E-state index in [4.69, 9.17) is 22.5 Å². The van der Waals surface area contributed by atoms with Gasteiger partial charge in [0.05, 0.1) is 4.90 Å². The number of carbonyl (C=O) groups excluding carboxylic acids is 1. The lowest BCUT2D eigenvalue weighted by Crippen LogP contribution is -2.17. The third-order valence-electron chi connectivity index (χ3n) is 2.70. The van der Waals surface area contributed by atoms with Crippen molar-refractivity contribution in [3.8, 4) is 0 Å². The highest BCUT2D eigenvalue weighted by molar-refractivity contribution is 7.89. The van der Waals surface area contributed by atoms with Crippen molar-refractivity contribution in [3.63, 3.8) is 0 Å². The molecule has 2 aromatic carbocycles. The van der Waals surface area contributed by atoms with Gasteiger partial charge in [-0.15, -0.1) is 0 Å². The van der Waals surface area contributed by atoms with Crippen LogP contribution < -0.4 is 10.9 Å². The van der Waals surface area contributed by atoms with Crippen molar-refractivity contribution in [2.24, 2.45) is 5.14 Å². The molecule has 0 aliphatic carbocycles. The van der Waals surface area contributed by atoms with Gasteiger partial charge in [0.1, 0.15) is 0 Å². The molecule has 0 aliphatic heterocycles. The summed E-state index contributed by atoms with van der Waals surface area (Å²) in [5.41, 5.74) is 6.06. The smallest absolute Gasteiger partial charge is 0.238 e. The number of hydrogen-bond acceptors (Lipinski definition) is 4. The number of sulfonamides is 1. The lowest BCUT2D eigenvalue weighted by molar-refractivity contribution is 0.103. The van der Waals surface area contributed by atoms with Crippen LogP contribution in [0.25, 0.3) is 0 Å². The van der Waals surface area contributed by atoms with Gasteiger partial charge in [-0.05, 0) is 30.3 Å². The molecule has 0 atom stereocenters. The molecular formula is C13H11ClN2O3S. The van der Waals surface area contributed by atoms with Crippen LogP contribution in [0.4, 0.5) is 5.69 Å². The van der Waals surface area contributed by atoms with E-state index in [0.29, 0.717) is 0 Å². The summed E-state index contributed by atoms with van der Waals surface area (Å²) in [5, 5.41) is 5.34. The van der Waals surface area contributed by atoms with E-state index in [1.807, 2.05) is 0 Å². The van der Waals surface area contributed by atoms with Gasteiger partial charge in [-0.3, -0.25) is 4.79 Å². The Balaban J connectivity index is 2.67. The fourth-order valence-corrected chi connectivity index (χ4v) is 2.66. The quantitative estimate of drug-likeness (QED) is 0.666. The second kappa shape index (κ2) is 5.24. The summed E-state index contributed by atoms with van der Waals surface area (Å²) in [6, 6.07) is 10.2. The van der Waals surface area contributed by atoms with Gasteiger partial charge in [0.2, 0.25) is 10.0 Å². The Morgan fingerprint density at radius 2 is 1.70 bits per heavy atom. The average molecular weight is 311 g/mol. The van der Waals surface area contributed by atoms with Crippen molar-refractivity contribution in [1.82, 2.24) is 0 Å². The summed E-state index contributed by atoms with van der Waals surface area (Å²) in [5.74, 6) is -0.547. The molecule has 0 saturated heterocycles. The summed E-state index contributed by atoms with van der Waals surface area (Å²) in [6.45, 7) is 0. The van der Waals surface area contributed by atoms with Crippen LogP contribution in [0, 0.1) is 0 Å². The topological polar surface area (TPSA) is 103 Å². The van der Waals surface area contributed by atoms with Crippen LogP contribution in [0.5, 0.6) is 0 Å². The highest BCUT2D eigenvalue weighted by Gasteiger charge is 2.21. The number of nitrogen functional groups attached to an aromatic ring is 1. The molecular weight excluding hydrogens is 300 g/mol. The first-order valence-corrected chi connectivity index (χ1v) is 7.44. The average Bonchev–Trinajstić information content (AvgIpc) is 2.37. The highest BCUT2D eigenvalue weighted by atomic mass is 35.5. The first-order chi connectivity index (χ1) is 9.30. The van der Waals surface area contributed by atoms with Gasteiger partial charge in [-0.1, -0.05) is 23.7 Å². The molecule has 0 heterocycles. The van der Waals surface area contributed by atoms with E-state index in [9.17, 15) is 13.2 Å². The third-order valence-corrected chi connectivity index (χ3v) is 3.90. The summed E-state index contributed by atoms with van der Waals surface area (Å²) in [7, 11) is -4.04. The molecule has 104 valence electrons. The van der Waals surface area contributed by atoms with Gasteiger partial charge < -0.3 is 5.73 Å². The fraction of sp³-hybridized carbons (Fsp3) is 0. The van der Waals surface area contributed by atoms with E-state index in [2.05, 4.69) is 0 Å². The van der Waals surface area contributed by atoms with Gasteiger partial charge in [-0.2, -0.15) is 0 Å². The molecule has 0 aromatic heterocycles. The molecule has 0 unspecified atom stereocenters. The van der Waals surface area contributed by atoms with Crippen LogP contribution in [0.2, 0.25) is 5.02 Å². The third kappa shape index (κ3) is 2.82. The first kappa shape index (κ1) is 14.5. The highest BCUT2D eigenvalue weighted by Crippen LogP contribution is 2.24. The lowest BCUT2D eigenvalue weighted by Gasteiger charge is -2.09. The van der Waals surface area contributed by atoms with Crippen LogP contribution in [-0.4, -0.2) is 14.2 Å². The van der Waals surface area contributed by atoms with Crippen LogP contribution in [0.15, 0.2) is 47.4 Å². The summed E-state index contributed by atoms with van der Waals surface area (Å²) < 4.78 is 23.1. The van der Waals surface area contributed by atoms with E-state index in [0.717, 1.165) is 0 Å². The minimum Gasteiger partial charge on any atom is -0.398 e. The Hall–Kier alpha value is -1.89.